The second-order valence-corrected chi connectivity index (χ2v) is 5.45. The molecule has 1 aliphatic rings. The number of ether oxygens (including phenoxy) is 1. The number of amides is 1. The highest BCUT2D eigenvalue weighted by Crippen LogP contribution is 2.36. The van der Waals surface area contributed by atoms with Crippen LogP contribution < -0.4 is 5.32 Å². The Morgan fingerprint density at radius 3 is 2.18 bits per heavy atom. The molecule has 0 aromatic heterocycles. The van der Waals surface area contributed by atoms with Gasteiger partial charge in [0.05, 0.1) is 13.0 Å². The van der Waals surface area contributed by atoms with Gasteiger partial charge in [-0.2, -0.15) is 0 Å². The zero-order valence-corrected chi connectivity index (χ0v) is 12.4. The number of benzene rings is 1. The molecule has 0 bridgehead atoms. The van der Waals surface area contributed by atoms with Crippen LogP contribution in [-0.4, -0.2) is 30.1 Å². The summed E-state index contributed by atoms with van der Waals surface area (Å²) in [5, 5.41) is 11.5. The summed E-state index contributed by atoms with van der Waals surface area (Å²) in [6.07, 6.45) is 3.09. The molecule has 0 saturated heterocycles. The van der Waals surface area contributed by atoms with Crippen LogP contribution in [0.4, 0.5) is 5.69 Å². The van der Waals surface area contributed by atoms with Crippen LogP contribution in [-0.2, 0) is 19.1 Å². The maximum absolute atomic E-state index is 11.4. The molecule has 0 atom stereocenters. The van der Waals surface area contributed by atoms with Gasteiger partial charge in [0.15, 0.2) is 0 Å². The number of anilines is 1. The standard InChI is InChI=1S/C16H19NO5/c1-22-16(21)14(18)17-13-8-6-11(7-9-13)10-2-4-12(5-3-10)15(19)20/h6-10,12H,2-5H2,1H3,(H,17,18)(H,19,20). The number of aliphatic carboxylic acids is 1. The minimum absolute atomic E-state index is 0.227. The molecule has 0 aliphatic heterocycles. The van der Waals surface area contributed by atoms with E-state index < -0.39 is 17.8 Å². The van der Waals surface area contributed by atoms with Crippen molar-refractivity contribution in [2.24, 2.45) is 5.92 Å². The molecule has 1 amide bonds. The molecule has 1 aromatic carbocycles. The predicted octanol–water partition coefficient (Wildman–Crippen LogP) is 2.16. The Morgan fingerprint density at radius 2 is 1.68 bits per heavy atom. The molecule has 118 valence electrons. The van der Waals surface area contributed by atoms with Crippen LogP contribution in [0.5, 0.6) is 0 Å². The molecule has 0 spiro atoms. The van der Waals surface area contributed by atoms with E-state index >= 15 is 0 Å². The van der Waals surface area contributed by atoms with Crippen molar-refractivity contribution < 1.29 is 24.2 Å². The van der Waals surface area contributed by atoms with E-state index in [0.717, 1.165) is 25.5 Å². The molecule has 2 rings (SSSR count). The summed E-state index contributed by atoms with van der Waals surface area (Å²) in [6.45, 7) is 0. The Hall–Kier alpha value is -2.37. The normalized spacial score (nSPS) is 21.0. The Kier molecular flexibility index (Phi) is 5.14. The number of methoxy groups -OCH3 is 1. The quantitative estimate of drug-likeness (QED) is 0.659. The van der Waals surface area contributed by atoms with Crippen molar-refractivity contribution >= 4 is 23.5 Å². The van der Waals surface area contributed by atoms with E-state index in [4.69, 9.17) is 5.11 Å². The van der Waals surface area contributed by atoms with E-state index in [1.165, 1.54) is 0 Å². The second-order valence-electron chi connectivity index (χ2n) is 5.45. The van der Waals surface area contributed by atoms with Gasteiger partial charge in [0.1, 0.15) is 0 Å². The first-order valence-corrected chi connectivity index (χ1v) is 7.23. The van der Waals surface area contributed by atoms with Gasteiger partial charge in [0.2, 0.25) is 0 Å². The van der Waals surface area contributed by atoms with Crippen molar-refractivity contribution in [1.82, 2.24) is 0 Å². The third-order valence-corrected chi connectivity index (χ3v) is 4.09. The zero-order chi connectivity index (χ0) is 16.1. The van der Waals surface area contributed by atoms with Crippen molar-refractivity contribution in [3.05, 3.63) is 29.8 Å². The topological polar surface area (TPSA) is 92.7 Å². The summed E-state index contributed by atoms with van der Waals surface area (Å²) >= 11 is 0. The van der Waals surface area contributed by atoms with E-state index in [1.807, 2.05) is 12.1 Å². The number of carboxylic acid groups (broad SMARTS) is 1. The number of carbonyl (C=O) groups is 3. The predicted molar refractivity (Wildman–Crippen MR) is 79.4 cm³/mol. The number of esters is 1. The number of carboxylic acids is 1. The lowest BCUT2D eigenvalue weighted by Gasteiger charge is -2.26. The Balaban J connectivity index is 1.94. The average Bonchev–Trinajstić information content (AvgIpc) is 2.54. The number of nitrogens with one attached hydrogen (secondary N) is 1. The molecule has 22 heavy (non-hydrogen) atoms. The lowest BCUT2D eigenvalue weighted by molar-refractivity contribution is -0.150. The van der Waals surface area contributed by atoms with Crippen LogP contribution in [0.2, 0.25) is 0 Å². The van der Waals surface area contributed by atoms with Crippen LogP contribution in [0.3, 0.4) is 0 Å². The summed E-state index contributed by atoms with van der Waals surface area (Å²) in [7, 11) is 1.15. The van der Waals surface area contributed by atoms with Crippen molar-refractivity contribution in [3.8, 4) is 0 Å². The van der Waals surface area contributed by atoms with Gasteiger partial charge in [-0.3, -0.25) is 9.59 Å². The van der Waals surface area contributed by atoms with E-state index in [9.17, 15) is 14.4 Å². The Bertz CT molecular complexity index is 558. The Morgan fingerprint density at radius 1 is 1.09 bits per heavy atom. The minimum Gasteiger partial charge on any atom is -0.481 e. The summed E-state index contributed by atoms with van der Waals surface area (Å²) in [6, 6.07) is 7.27. The highest BCUT2D eigenvalue weighted by Gasteiger charge is 2.26. The first-order chi connectivity index (χ1) is 10.5. The van der Waals surface area contributed by atoms with E-state index in [0.29, 0.717) is 24.4 Å². The zero-order valence-electron chi connectivity index (χ0n) is 12.4. The fourth-order valence-electron chi connectivity index (χ4n) is 2.79. The van der Waals surface area contributed by atoms with Crippen LogP contribution in [0.15, 0.2) is 24.3 Å². The van der Waals surface area contributed by atoms with Gasteiger partial charge in [-0.1, -0.05) is 12.1 Å². The fraction of sp³-hybridized carbons (Fsp3) is 0.438. The van der Waals surface area contributed by atoms with Gasteiger partial charge in [-0.05, 0) is 49.3 Å². The smallest absolute Gasteiger partial charge is 0.396 e. The maximum atomic E-state index is 11.4. The van der Waals surface area contributed by atoms with Crippen molar-refractivity contribution in [2.45, 2.75) is 31.6 Å². The largest absolute Gasteiger partial charge is 0.481 e. The van der Waals surface area contributed by atoms with E-state index in [-0.39, 0.29) is 5.92 Å². The molecule has 0 radical (unpaired) electrons. The van der Waals surface area contributed by atoms with Gasteiger partial charge >= 0.3 is 17.8 Å². The third kappa shape index (κ3) is 3.84. The molecular weight excluding hydrogens is 286 g/mol. The molecule has 6 nitrogen and oxygen atoms in total. The number of hydrogen-bond donors (Lipinski definition) is 2. The summed E-state index contributed by atoms with van der Waals surface area (Å²) < 4.78 is 4.33. The lowest BCUT2D eigenvalue weighted by Crippen LogP contribution is -2.23. The molecule has 6 heteroatoms. The summed E-state index contributed by atoms with van der Waals surface area (Å²) in [4.78, 5) is 33.4. The summed E-state index contributed by atoms with van der Waals surface area (Å²) in [5.41, 5.74) is 1.65. The van der Waals surface area contributed by atoms with Crippen molar-refractivity contribution in [2.75, 3.05) is 12.4 Å². The van der Waals surface area contributed by atoms with Crippen LogP contribution in [0.25, 0.3) is 0 Å². The van der Waals surface area contributed by atoms with Gasteiger partial charge in [-0.25, -0.2) is 4.79 Å². The fourth-order valence-corrected chi connectivity index (χ4v) is 2.79. The highest BCUT2D eigenvalue weighted by atomic mass is 16.5. The SMILES string of the molecule is COC(=O)C(=O)Nc1ccc(C2CCC(C(=O)O)CC2)cc1. The molecule has 1 aliphatic carbocycles. The summed E-state index contributed by atoms with van der Waals surface area (Å²) in [5.74, 6) is -2.33. The average molecular weight is 305 g/mol. The molecule has 0 unspecified atom stereocenters. The molecule has 1 saturated carbocycles. The van der Waals surface area contributed by atoms with Gasteiger partial charge in [0, 0.05) is 5.69 Å². The first-order valence-electron chi connectivity index (χ1n) is 7.23. The van der Waals surface area contributed by atoms with Gasteiger partial charge in [0.25, 0.3) is 0 Å². The van der Waals surface area contributed by atoms with Gasteiger partial charge < -0.3 is 15.2 Å². The maximum Gasteiger partial charge on any atom is 0.396 e. The van der Waals surface area contributed by atoms with Crippen LogP contribution in [0, 0.1) is 5.92 Å². The second kappa shape index (κ2) is 7.06. The Labute approximate surface area is 128 Å². The van der Waals surface area contributed by atoms with Crippen molar-refractivity contribution in [1.29, 1.82) is 0 Å². The van der Waals surface area contributed by atoms with Crippen molar-refractivity contribution in [3.63, 3.8) is 0 Å². The number of carbonyl (C=O) groups excluding carboxylic acids is 2. The monoisotopic (exact) mass is 305 g/mol. The van der Waals surface area contributed by atoms with E-state index in [1.54, 1.807) is 12.1 Å². The minimum atomic E-state index is -0.934. The molecule has 1 aromatic rings. The molecular formula is C16H19NO5. The van der Waals surface area contributed by atoms with Gasteiger partial charge in [-0.15, -0.1) is 0 Å². The molecule has 0 heterocycles. The number of hydrogen-bond acceptors (Lipinski definition) is 4. The number of rotatable bonds is 3. The van der Waals surface area contributed by atoms with E-state index in [2.05, 4.69) is 10.1 Å². The molecule has 2 N–H and O–H groups in total. The highest BCUT2D eigenvalue weighted by molar-refractivity contribution is 6.37. The lowest BCUT2D eigenvalue weighted by atomic mass is 9.79. The van der Waals surface area contributed by atoms with Crippen LogP contribution in [0.1, 0.15) is 37.2 Å². The first kappa shape index (κ1) is 16.0. The van der Waals surface area contributed by atoms with Crippen LogP contribution >= 0.6 is 0 Å². The third-order valence-electron chi connectivity index (χ3n) is 4.09. The molecule has 1 fully saturated rings.